The fourth-order valence-corrected chi connectivity index (χ4v) is 1.19. The quantitative estimate of drug-likeness (QED) is 0.552. The summed E-state index contributed by atoms with van der Waals surface area (Å²) in [6.45, 7) is 0. The topological polar surface area (TPSA) is 55.7 Å². The Morgan fingerprint density at radius 3 is 3.00 bits per heavy atom. The number of aliphatic imine (C=N–C) groups is 1. The Morgan fingerprint density at radius 2 is 2.33 bits per heavy atom. The Labute approximate surface area is 87.6 Å². The van der Waals surface area contributed by atoms with Crippen LogP contribution in [0.3, 0.4) is 0 Å². The Hall–Kier alpha value is -1.93. The van der Waals surface area contributed by atoms with Crippen LogP contribution in [0.2, 0.25) is 0 Å². The first-order valence-electron chi connectivity index (χ1n) is 4.50. The van der Waals surface area contributed by atoms with Crippen molar-refractivity contribution in [3.05, 3.63) is 29.8 Å². The minimum atomic E-state index is -0.451. The summed E-state index contributed by atoms with van der Waals surface area (Å²) in [6, 6.07) is 7.41. The molecule has 0 fully saturated rings. The van der Waals surface area contributed by atoms with Gasteiger partial charge in [0, 0.05) is 6.42 Å². The molecule has 0 bridgehead atoms. The molecule has 1 aromatic rings. The van der Waals surface area contributed by atoms with Gasteiger partial charge in [-0.15, -0.1) is 4.99 Å². The highest BCUT2D eigenvalue weighted by molar-refractivity contribution is 5.81. The van der Waals surface area contributed by atoms with Gasteiger partial charge in [-0.2, -0.15) is 0 Å². The van der Waals surface area contributed by atoms with Gasteiger partial charge in [0.2, 0.25) is 6.08 Å². The lowest BCUT2D eigenvalue weighted by atomic mass is 10.1. The van der Waals surface area contributed by atoms with Gasteiger partial charge in [0.15, 0.2) is 0 Å². The van der Waals surface area contributed by atoms with E-state index in [0.717, 1.165) is 11.3 Å². The van der Waals surface area contributed by atoms with Crippen LogP contribution in [0.15, 0.2) is 29.3 Å². The lowest BCUT2D eigenvalue weighted by Gasteiger charge is -2.02. The molecule has 0 saturated carbocycles. The number of carbonyl (C=O) groups excluding carboxylic acids is 2. The summed E-state index contributed by atoms with van der Waals surface area (Å²) < 4.78 is 5.04. The summed E-state index contributed by atoms with van der Waals surface area (Å²) in [5.41, 5.74) is 0.976. The zero-order valence-corrected chi connectivity index (χ0v) is 8.40. The third-order valence-electron chi connectivity index (χ3n) is 1.93. The highest BCUT2D eigenvalue weighted by Gasteiger charge is 2.01. The molecule has 0 aromatic heterocycles. The first-order valence-corrected chi connectivity index (χ1v) is 4.50. The standard InChI is InChI=1S/C11H11NO3/c1-15-10-4-2-3-9(7-10)5-6-11(14)12-8-13/h2-4,7H,5-6H2,1H3. The maximum atomic E-state index is 10.9. The van der Waals surface area contributed by atoms with E-state index in [1.807, 2.05) is 24.3 Å². The molecule has 0 aliphatic carbocycles. The Balaban J connectivity index is 2.57. The van der Waals surface area contributed by atoms with E-state index in [2.05, 4.69) is 4.99 Å². The number of rotatable bonds is 4. The van der Waals surface area contributed by atoms with Crippen LogP contribution in [0.1, 0.15) is 12.0 Å². The summed E-state index contributed by atoms with van der Waals surface area (Å²) in [6.07, 6.45) is 1.98. The van der Waals surface area contributed by atoms with Crippen molar-refractivity contribution in [2.45, 2.75) is 12.8 Å². The Bertz CT molecular complexity index is 395. The lowest BCUT2D eigenvalue weighted by molar-refractivity contribution is -0.117. The molecule has 15 heavy (non-hydrogen) atoms. The second-order valence-corrected chi connectivity index (χ2v) is 2.95. The van der Waals surface area contributed by atoms with Gasteiger partial charge in [-0.1, -0.05) is 12.1 Å². The molecule has 0 radical (unpaired) electrons. The predicted molar refractivity (Wildman–Crippen MR) is 54.4 cm³/mol. The molecule has 4 heteroatoms. The molecule has 1 aromatic carbocycles. The van der Waals surface area contributed by atoms with Crippen LogP contribution in [0.5, 0.6) is 5.75 Å². The Kier molecular flexibility index (Phi) is 4.26. The summed E-state index contributed by atoms with van der Waals surface area (Å²) in [7, 11) is 1.58. The van der Waals surface area contributed by atoms with Crippen LogP contribution in [0, 0.1) is 0 Å². The lowest BCUT2D eigenvalue weighted by Crippen LogP contribution is -1.96. The van der Waals surface area contributed by atoms with Crippen molar-refractivity contribution in [1.82, 2.24) is 0 Å². The number of ether oxygens (including phenoxy) is 1. The normalized spacial score (nSPS) is 9.13. The summed E-state index contributed by atoms with van der Waals surface area (Å²) in [5.74, 6) is 0.298. The van der Waals surface area contributed by atoms with Gasteiger partial charge in [-0.05, 0) is 24.1 Å². The van der Waals surface area contributed by atoms with E-state index in [0.29, 0.717) is 6.42 Å². The number of amides is 1. The van der Waals surface area contributed by atoms with E-state index in [1.54, 1.807) is 7.11 Å². The smallest absolute Gasteiger partial charge is 0.256 e. The van der Waals surface area contributed by atoms with Gasteiger partial charge in [0.1, 0.15) is 5.75 Å². The number of nitrogens with zero attached hydrogens (tertiary/aromatic N) is 1. The van der Waals surface area contributed by atoms with Crippen LogP contribution in [-0.2, 0) is 16.0 Å². The van der Waals surface area contributed by atoms with Gasteiger partial charge in [0.05, 0.1) is 7.11 Å². The number of hydrogen-bond donors (Lipinski definition) is 0. The zero-order valence-electron chi connectivity index (χ0n) is 8.40. The van der Waals surface area contributed by atoms with Crippen LogP contribution < -0.4 is 4.74 Å². The van der Waals surface area contributed by atoms with Crippen molar-refractivity contribution in [2.24, 2.45) is 4.99 Å². The zero-order chi connectivity index (χ0) is 11.1. The summed E-state index contributed by atoms with van der Waals surface area (Å²) >= 11 is 0. The largest absolute Gasteiger partial charge is 0.497 e. The monoisotopic (exact) mass is 205 g/mol. The van der Waals surface area contributed by atoms with Crippen molar-refractivity contribution >= 4 is 12.0 Å². The van der Waals surface area contributed by atoms with Crippen molar-refractivity contribution in [2.75, 3.05) is 7.11 Å². The van der Waals surface area contributed by atoms with Gasteiger partial charge < -0.3 is 4.74 Å². The van der Waals surface area contributed by atoms with Gasteiger partial charge >= 0.3 is 0 Å². The van der Waals surface area contributed by atoms with Crippen molar-refractivity contribution < 1.29 is 14.3 Å². The van der Waals surface area contributed by atoms with E-state index < -0.39 is 5.91 Å². The minimum absolute atomic E-state index is 0.211. The maximum absolute atomic E-state index is 10.9. The van der Waals surface area contributed by atoms with Crippen molar-refractivity contribution in [1.29, 1.82) is 0 Å². The SMILES string of the molecule is COc1cccc(CCC(=O)N=C=O)c1. The van der Waals surface area contributed by atoms with Gasteiger partial charge in [0.25, 0.3) is 5.91 Å². The minimum Gasteiger partial charge on any atom is -0.497 e. The van der Waals surface area contributed by atoms with Crippen LogP contribution in [0.4, 0.5) is 0 Å². The van der Waals surface area contributed by atoms with Crippen LogP contribution in [0.25, 0.3) is 0 Å². The number of aryl methyl sites for hydroxylation is 1. The summed E-state index contributed by atoms with van der Waals surface area (Å²) in [5, 5.41) is 0. The molecule has 4 nitrogen and oxygen atoms in total. The molecule has 0 aliphatic heterocycles. The van der Waals surface area contributed by atoms with E-state index >= 15 is 0 Å². The Morgan fingerprint density at radius 1 is 1.53 bits per heavy atom. The van der Waals surface area contributed by atoms with E-state index in [4.69, 9.17) is 4.74 Å². The number of carbonyl (C=O) groups is 1. The number of benzene rings is 1. The van der Waals surface area contributed by atoms with Crippen LogP contribution in [-0.4, -0.2) is 19.1 Å². The van der Waals surface area contributed by atoms with E-state index in [1.165, 1.54) is 6.08 Å². The molecular formula is C11H11NO3. The molecule has 0 N–H and O–H groups in total. The molecule has 0 saturated heterocycles. The number of methoxy groups -OCH3 is 1. The average Bonchev–Trinajstić information content (AvgIpc) is 2.27. The van der Waals surface area contributed by atoms with Crippen molar-refractivity contribution in [3.63, 3.8) is 0 Å². The second-order valence-electron chi connectivity index (χ2n) is 2.95. The van der Waals surface area contributed by atoms with E-state index in [-0.39, 0.29) is 6.42 Å². The molecule has 0 unspecified atom stereocenters. The highest BCUT2D eigenvalue weighted by atomic mass is 16.5. The maximum Gasteiger partial charge on any atom is 0.256 e. The third kappa shape index (κ3) is 3.75. The summed E-state index contributed by atoms with van der Waals surface area (Å²) in [4.78, 5) is 23.7. The molecular weight excluding hydrogens is 194 g/mol. The van der Waals surface area contributed by atoms with Gasteiger partial charge in [-0.25, -0.2) is 4.79 Å². The first kappa shape index (κ1) is 11.1. The number of hydrogen-bond acceptors (Lipinski definition) is 3. The molecule has 0 heterocycles. The molecule has 0 atom stereocenters. The van der Waals surface area contributed by atoms with Crippen molar-refractivity contribution in [3.8, 4) is 5.75 Å². The second kappa shape index (κ2) is 5.73. The van der Waals surface area contributed by atoms with Gasteiger partial charge in [-0.3, -0.25) is 4.79 Å². The van der Waals surface area contributed by atoms with E-state index in [9.17, 15) is 9.59 Å². The fourth-order valence-electron chi connectivity index (χ4n) is 1.19. The molecule has 1 rings (SSSR count). The van der Waals surface area contributed by atoms with Crippen LogP contribution >= 0.6 is 0 Å². The molecule has 78 valence electrons. The first-order chi connectivity index (χ1) is 7.26. The highest BCUT2D eigenvalue weighted by Crippen LogP contribution is 2.13. The molecule has 0 aliphatic rings. The predicted octanol–water partition coefficient (Wildman–Crippen LogP) is 1.49. The average molecular weight is 205 g/mol. The molecule has 0 spiro atoms. The fraction of sp³-hybridized carbons (Fsp3) is 0.273. The third-order valence-corrected chi connectivity index (χ3v) is 1.93. The molecule has 1 amide bonds. The number of isocyanates is 1.